The van der Waals surface area contributed by atoms with Crippen LogP contribution in [0, 0.1) is 0 Å². The Morgan fingerprint density at radius 1 is 0.647 bits per heavy atom. The summed E-state index contributed by atoms with van der Waals surface area (Å²) in [5.41, 5.74) is -5.13. The lowest BCUT2D eigenvalue weighted by molar-refractivity contribution is -0.397. The smallest absolute Gasteiger partial charge is 0.350 e. The van der Waals surface area contributed by atoms with E-state index in [9.17, 15) is 26.3 Å². The summed E-state index contributed by atoms with van der Waals surface area (Å²) in [6.07, 6.45) is -10.4. The maximum absolute atomic E-state index is 12.7. The van der Waals surface area contributed by atoms with Crippen LogP contribution in [0.15, 0.2) is 0 Å². The minimum Gasteiger partial charge on any atom is -0.350 e. The van der Waals surface area contributed by atoms with Crippen LogP contribution in [-0.2, 0) is 4.74 Å². The fourth-order valence-corrected chi connectivity index (χ4v) is 2.26. The van der Waals surface area contributed by atoms with E-state index in [1.807, 2.05) is 0 Å². The Balaban J connectivity index is 2.19. The van der Waals surface area contributed by atoms with Crippen molar-refractivity contribution in [2.24, 2.45) is 0 Å². The van der Waals surface area contributed by atoms with E-state index < -0.39 is 23.6 Å². The zero-order valence-corrected chi connectivity index (χ0v) is 8.92. The van der Waals surface area contributed by atoms with Gasteiger partial charge in [-0.05, 0) is 38.5 Å². The molecular formula is C10H12F6O. The van der Waals surface area contributed by atoms with Gasteiger partial charge in [0.2, 0.25) is 0 Å². The van der Waals surface area contributed by atoms with Gasteiger partial charge < -0.3 is 4.74 Å². The average molecular weight is 262 g/mol. The second-order valence-electron chi connectivity index (χ2n) is 4.79. The highest BCUT2D eigenvalue weighted by Crippen LogP contribution is 2.57. The summed E-state index contributed by atoms with van der Waals surface area (Å²) in [7, 11) is 0. The average Bonchev–Trinajstić information content (AvgIpc) is 1.93. The fraction of sp³-hybridized carbons (Fsp3) is 1.00. The molecule has 0 aromatic carbocycles. The monoisotopic (exact) mass is 262 g/mol. The van der Waals surface area contributed by atoms with Crippen molar-refractivity contribution in [2.45, 2.75) is 62.1 Å². The summed E-state index contributed by atoms with van der Waals surface area (Å²) in [5.74, 6) is 0. The highest BCUT2D eigenvalue weighted by molar-refractivity contribution is 5.04. The largest absolute Gasteiger partial charge is 0.417 e. The summed E-state index contributed by atoms with van der Waals surface area (Å²) in [4.78, 5) is 0. The molecule has 0 N–H and O–H groups in total. The Kier molecular flexibility index (Phi) is 2.69. The topological polar surface area (TPSA) is 9.23 Å². The van der Waals surface area contributed by atoms with Crippen molar-refractivity contribution in [3.63, 3.8) is 0 Å². The van der Waals surface area contributed by atoms with Gasteiger partial charge in [0, 0.05) is 0 Å². The summed E-state index contributed by atoms with van der Waals surface area (Å²) in [5, 5.41) is 0. The second kappa shape index (κ2) is 3.52. The Morgan fingerprint density at radius 2 is 0.941 bits per heavy atom. The molecule has 2 rings (SSSR count). The lowest BCUT2D eigenvalue weighted by Crippen LogP contribution is -2.64. The molecule has 2 saturated carbocycles. The van der Waals surface area contributed by atoms with Gasteiger partial charge in [-0.15, -0.1) is 0 Å². The molecule has 0 radical (unpaired) electrons. The molecule has 0 aromatic rings. The molecule has 7 heteroatoms. The molecule has 100 valence electrons. The van der Waals surface area contributed by atoms with E-state index in [-0.39, 0.29) is 38.5 Å². The van der Waals surface area contributed by atoms with E-state index in [4.69, 9.17) is 0 Å². The molecule has 2 fully saturated rings. The van der Waals surface area contributed by atoms with Gasteiger partial charge in [-0.2, -0.15) is 26.3 Å². The number of hydrogen-bond donors (Lipinski definition) is 0. The van der Waals surface area contributed by atoms with Crippen molar-refractivity contribution in [1.82, 2.24) is 0 Å². The molecule has 2 aliphatic carbocycles. The molecule has 2 aliphatic rings. The number of halogens is 6. The molecule has 0 aromatic heterocycles. The SMILES string of the molecule is FC(F)(F)C1(OC2(C(F)(F)F)CCC2)CCC1. The predicted molar refractivity (Wildman–Crippen MR) is 46.4 cm³/mol. The fourth-order valence-electron chi connectivity index (χ4n) is 2.26. The number of alkyl halides is 6. The quantitative estimate of drug-likeness (QED) is 0.684. The van der Waals surface area contributed by atoms with E-state index in [0.29, 0.717) is 0 Å². The van der Waals surface area contributed by atoms with Crippen molar-refractivity contribution in [3.05, 3.63) is 0 Å². The van der Waals surface area contributed by atoms with Crippen LogP contribution in [-0.4, -0.2) is 23.6 Å². The van der Waals surface area contributed by atoms with E-state index >= 15 is 0 Å². The van der Waals surface area contributed by atoms with E-state index in [2.05, 4.69) is 4.74 Å². The Labute approximate surface area is 94.1 Å². The first-order valence-corrected chi connectivity index (χ1v) is 5.46. The van der Waals surface area contributed by atoms with Crippen LogP contribution in [0.1, 0.15) is 38.5 Å². The highest BCUT2D eigenvalue weighted by atomic mass is 19.4. The van der Waals surface area contributed by atoms with Gasteiger partial charge in [0.1, 0.15) is 0 Å². The van der Waals surface area contributed by atoms with E-state index in [1.165, 1.54) is 0 Å². The molecule has 1 nitrogen and oxygen atoms in total. The first kappa shape index (κ1) is 13.0. The van der Waals surface area contributed by atoms with Crippen LogP contribution in [0.4, 0.5) is 26.3 Å². The maximum Gasteiger partial charge on any atom is 0.417 e. The third-order valence-corrected chi connectivity index (χ3v) is 3.75. The van der Waals surface area contributed by atoms with Crippen LogP contribution >= 0.6 is 0 Å². The molecule has 0 amide bonds. The van der Waals surface area contributed by atoms with Crippen LogP contribution in [0.3, 0.4) is 0 Å². The van der Waals surface area contributed by atoms with Gasteiger partial charge in [-0.25, -0.2) is 0 Å². The Morgan fingerprint density at radius 3 is 1.06 bits per heavy atom. The normalized spacial score (nSPS) is 27.2. The molecular weight excluding hydrogens is 250 g/mol. The number of ether oxygens (including phenoxy) is 1. The maximum atomic E-state index is 12.7. The third-order valence-electron chi connectivity index (χ3n) is 3.75. The molecule has 0 spiro atoms. The zero-order valence-electron chi connectivity index (χ0n) is 8.92. The van der Waals surface area contributed by atoms with Crippen molar-refractivity contribution in [2.75, 3.05) is 0 Å². The third kappa shape index (κ3) is 1.82. The van der Waals surface area contributed by atoms with Crippen molar-refractivity contribution in [1.29, 1.82) is 0 Å². The number of rotatable bonds is 2. The van der Waals surface area contributed by atoms with Gasteiger partial charge in [0.05, 0.1) is 0 Å². The highest BCUT2D eigenvalue weighted by Gasteiger charge is 2.69. The molecule has 17 heavy (non-hydrogen) atoms. The van der Waals surface area contributed by atoms with Gasteiger partial charge >= 0.3 is 12.4 Å². The summed E-state index contributed by atoms with van der Waals surface area (Å²) in [6, 6.07) is 0. The lowest BCUT2D eigenvalue weighted by atomic mass is 9.74. The van der Waals surface area contributed by atoms with Gasteiger partial charge in [0.15, 0.2) is 11.2 Å². The van der Waals surface area contributed by atoms with Crippen molar-refractivity contribution < 1.29 is 31.1 Å². The molecule has 0 aliphatic heterocycles. The molecule has 0 bridgehead atoms. The van der Waals surface area contributed by atoms with Crippen LogP contribution in [0.25, 0.3) is 0 Å². The minimum atomic E-state index is -4.72. The van der Waals surface area contributed by atoms with E-state index in [1.54, 1.807) is 0 Å². The molecule has 0 heterocycles. The first-order valence-electron chi connectivity index (χ1n) is 5.46. The second-order valence-corrected chi connectivity index (χ2v) is 4.79. The van der Waals surface area contributed by atoms with Crippen LogP contribution in [0.2, 0.25) is 0 Å². The van der Waals surface area contributed by atoms with Gasteiger partial charge in [-0.3, -0.25) is 0 Å². The van der Waals surface area contributed by atoms with Crippen molar-refractivity contribution >= 4 is 0 Å². The summed E-state index contributed by atoms with van der Waals surface area (Å²) >= 11 is 0. The number of hydrogen-bond acceptors (Lipinski definition) is 1. The molecule has 0 unspecified atom stereocenters. The minimum absolute atomic E-state index is 0.257. The first-order chi connectivity index (χ1) is 7.62. The van der Waals surface area contributed by atoms with Gasteiger partial charge in [-0.1, -0.05) is 0 Å². The molecule has 0 saturated heterocycles. The predicted octanol–water partition coefficient (Wildman–Crippen LogP) is 3.97. The Bertz CT molecular complexity index is 267. The van der Waals surface area contributed by atoms with Crippen LogP contribution in [0.5, 0.6) is 0 Å². The molecule has 0 atom stereocenters. The van der Waals surface area contributed by atoms with Gasteiger partial charge in [0.25, 0.3) is 0 Å². The standard InChI is InChI=1S/C10H12F6O/c11-9(12,13)7(3-1-4-7)17-8(5-2-6-8)10(14,15)16/h1-6H2. The van der Waals surface area contributed by atoms with E-state index in [0.717, 1.165) is 0 Å². The Hall–Kier alpha value is -0.460. The van der Waals surface area contributed by atoms with Crippen molar-refractivity contribution in [3.8, 4) is 0 Å². The van der Waals surface area contributed by atoms with Crippen LogP contribution < -0.4 is 0 Å². The summed E-state index contributed by atoms with van der Waals surface area (Å²) in [6.45, 7) is 0. The lowest BCUT2D eigenvalue weighted by Gasteiger charge is -2.52. The summed E-state index contributed by atoms with van der Waals surface area (Å²) < 4.78 is 81.0. The zero-order chi connectivity index (χ0) is 12.9.